The minimum Gasteiger partial charge on any atom is -0.468 e. The average Bonchev–Trinajstić information content (AvgIpc) is 3.13. The lowest BCUT2D eigenvalue weighted by Crippen LogP contribution is -2.42. The number of rotatable bonds is 7. The number of piperidine rings is 1. The van der Waals surface area contributed by atoms with Crippen LogP contribution in [0.5, 0.6) is 0 Å². The average molecular weight is 392 g/mol. The number of nitrogens with one attached hydrogen (secondary N) is 2. The van der Waals surface area contributed by atoms with Gasteiger partial charge in [-0.3, -0.25) is 9.69 Å². The molecular formula is C21H30ClN3O2. The third kappa shape index (κ3) is 6.38. The van der Waals surface area contributed by atoms with Gasteiger partial charge < -0.3 is 15.1 Å². The first-order valence-electron chi connectivity index (χ1n) is 9.40. The number of halogens is 1. The fraction of sp³-hybridized carbons (Fsp3) is 0.476. The summed E-state index contributed by atoms with van der Waals surface area (Å²) in [7, 11) is 2.08. The molecule has 3 rings (SSSR count). The highest BCUT2D eigenvalue weighted by atomic mass is 35.5. The molecule has 0 spiro atoms. The highest BCUT2D eigenvalue weighted by Crippen LogP contribution is 2.17. The van der Waals surface area contributed by atoms with Crippen LogP contribution in [0.4, 0.5) is 0 Å². The van der Waals surface area contributed by atoms with Gasteiger partial charge in [0.15, 0.2) is 0 Å². The van der Waals surface area contributed by atoms with Gasteiger partial charge in [-0.15, -0.1) is 12.4 Å². The summed E-state index contributed by atoms with van der Waals surface area (Å²) in [6.45, 7) is 5.23. The van der Waals surface area contributed by atoms with Crippen LogP contribution in [0.1, 0.15) is 36.7 Å². The van der Waals surface area contributed by atoms with E-state index in [1.165, 1.54) is 11.1 Å². The predicted molar refractivity (Wildman–Crippen MR) is 110 cm³/mol. The molecule has 1 saturated heterocycles. The van der Waals surface area contributed by atoms with Crippen LogP contribution in [0.3, 0.4) is 0 Å². The van der Waals surface area contributed by atoms with E-state index in [1.54, 1.807) is 6.26 Å². The van der Waals surface area contributed by atoms with Crippen LogP contribution >= 0.6 is 12.4 Å². The van der Waals surface area contributed by atoms with Gasteiger partial charge in [0, 0.05) is 25.0 Å². The third-order valence-electron chi connectivity index (χ3n) is 5.01. The molecule has 2 N–H and O–H groups in total. The van der Waals surface area contributed by atoms with Crippen molar-refractivity contribution >= 4 is 18.3 Å². The maximum Gasteiger partial charge on any atom is 0.223 e. The Morgan fingerprint density at radius 1 is 1.22 bits per heavy atom. The number of carbonyl (C=O) groups is 1. The predicted octanol–water partition coefficient (Wildman–Crippen LogP) is 3.34. The van der Waals surface area contributed by atoms with Crippen molar-refractivity contribution in [2.45, 2.75) is 45.4 Å². The third-order valence-corrected chi connectivity index (χ3v) is 5.01. The fourth-order valence-electron chi connectivity index (χ4n) is 3.60. The van der Waals surface area contributed by atoms with Crippen molar-refractivity contribution in [3.05, 3.63) is 59.5 Å². The zero-order valence-electron chi connectivity index (χ0n) is 16.1. The van der Waals surface area contributed by atoms with E-state index in [4.69, 9.17) is 4.42 Å². The van der Waals surface area contributed by atoms with Crippen LogP contribution < -0.4 is 10.6 Å². The van der Waals surface area contributed by atoms with E-state index in [0.29, 0.717) is 12.6 Å². The summed E-state index contributed by atoms with van der Waals surface area (Å²) < 4.78 is 5.42. The molecule has 27 heavy (non-hydrogen) atoms. The Morgan fingerprint density at radius 2 is 2.00 bits per heavy atom. The van der Waals surface area contributed by atoms with E-state index < -0.39 is 0 Å². The van der Waals surface area contributed by atoms with Crippen LogP contribution in [0.25, 0.3) is 0 Å². The SMILES string of the molecule is C[C@H]1C[C@@H](C(=O)NCc2ccccc2CN(C)Cc2ccco2)CCN1.Cl. The Balaban J connectivity index is 0.00000261. The molecule has 1 aromatic carbocycles. The topological polar surface area (TPSA) is 57.5 Å². The molecular weight excluding hydrogens is 362 g/mol. The second-order valence-electron chi connectivity index (χ2n) is 7.31. The zero-order valence-corrected chi connectivity index (χ0v) is 16.9. The summed E-state index contributed by atoms with van der Waals surface area (Å²) in [5.41, 5.74) is 2.41. The molecule has 6 heteroatoms. The van der Waals surface area contributed by atoms with E-state index in [9.17, 15) is 4.79 Å². The highest BCUT2D eigenvalue weighted by Gasteiger charge is 2.24. The fourth-order valence-corrected chi connectivity index (χ4v) is 3.60. The first-order chi connectivity index (χ1) is 12.6. The summed E-state index contributed by atoms with van der Waals surface area (Å²) in [5.74, 6) is 1.26. The molecule has 1 aromatic heterocycles. The largest absolute Gasteiger partial charge is 0.468 e. The molecule has 148 valence electrons. The molecule has 0 unspecified atom stereocenters. The van der Waals surface area contributed by atoms with Gasteiger partial charge in [0.2, 0.25) is 5.91 Å². The molecule has 0 aliphatic carbocycles. The number of hydrogen-bond donors (Lipinski definition) is 2. The van der Waals surface area contributed by atoms with Gasteiger partial charge in [-0.1, -0.05) is 24.3 Å². The van der Waals surface area contributed by atoms with Crippen molar-refractivity contribution in [1.29, 1.82) is 0 Å². The van der Waals surface area contributed by atoms with E-state index in [2.05, 4.69) is 47.7 Å². The molecule has 2 atom stereocenters. The lowest BCUT2D eigenvalue weighted by molar-refractivity contribution is -0.126. The van der Waals surface area contributed by atoms with Crippen LogP contribution in [-0.2, 0) is 24.4 Å². The molecule has 1 aliphatic rings. The van der Waals surface area contributed by atoms with Crippen molar-refractivity contribution in [2.75, 3.05) is 13.6 Å². The van der Waals surface area contributed by atoms with Gasteiger partial charge in [0.25, 0.3) is 0 Å². The van der Waals surface area contributed by atoms with Gasteiger partial charge in [-0.2, -0.15) is 0 Å². The molecule has 0 saturated carbocycles. The molecule has 2 heterocycles. The summed E-state index contributed by atoms with van der Waals surface area (Å²) in [4.78, 5) is 14.7. The van der Waals surface area contributed by atoms with Crippen LogP contribution in [-0.4, -0.2) is 30.4 Å². The van der Waals surface area contributed by atoms with Crippen molar-refractivity contribution in [2.24, 2.45) is 5.92 Å². The molecule has 5 nitrogen and oxygen atoms in total. The molecule has 1 aliphatic heterocycles. The van der Waals surface area contributed by atoms with Crippen LogP contribution in [0.15, 0.2) is 47.1 Å². The lowest BCUT2D eigenvalue weighted by atomic mass is 9.92. The van der Waals surface area contributed by atoms with Gasteiger partial charge >= 0.3 is 0 Å². The normalized spacial score (nSPS) is 19.5. The number of carbonyl (C=O) groups excluding carboxylic acids is 1. The molecule has 2 aromatic rings. The first kappa shape index (κ1) is 21.5. The summed E-state index contributed by atoms with van der Waals surface area (Å²) >= 11 is 0. The van der Waals surface area contributed by atoms with E-state index >= 15 is 0 Å². The monoisotopic (exact) mass is 391 g/mol. The number of hydrogen-bond acceptors (Lipinski definition) is 4. The van der Waals surface area contributed by atoms with Gasteiger partial charge in [-0.25, -0.2) is 0 Å². The summed E-state index contributed by atoms with van der Waals surface area (Å²) in [6.07, 6.45) is 3.54. The summed E-state index contributed by atoms with van der Waals surface area (Å²) in [6, 6.07) is 12.6. The number of amides is 1. The Labute approximate surface area is 167 Å². The first-order valence-corrected chi connectivity index (χ1v) is 9.40. The van der Waals surface area contributed by atoms with E-state index in [0.717, 1.165) is 38.2 Å². The number of furan rings is 1. The number of benzene rings is 1. The quantitative estimate of drug-likeness (QED) is 0.760. The second kappa shape index (κ2) is 10.5. The standard InChI is InChI=1S/C21H29N3O2.ClH/c1-16-12-17(9-10-22-16)21(25)23-13-18-6-3-4-7-19(18)14-24(2)15-20-8-5-11-26-20;/h3-8,11,16-17,22H,9-10,12-15H2,1-2H3,(H,23,25);1H/t16-,17-;/m0./s1. The Kier molecular flexibility index (Phi) is 8.35. The minimum absolute atomic E-state index is 0. The maximum atomic E-state index is 12.5. The van der Waals surface area contributed by atoms with E-state index in [1.807, 2.05) is 18.2 Å². The van der Waals surface area contributed by atoms with Crippen molar-refractivity contribution in [1.82, 2.24) is 15.5 Å². The summed E-state index contributed by atoms with van der Waals surface area (Å²) in [5, 5.41) is 6.54. The van der Waals surface area contributed by atoms with Crippen molar-refractivity contribution in [3.8, 4) is 0 Å². The van der Waals surface area contributed by atoms with Gasteiger partial charge in [-0.05, 0) is 56.6 Å². The molecule has 0 radical (unpaired) electrons. The minimum atomic E-state index is 0. The smallest absolute Gasteiger partial charge is 0.223 e. The number of nitrogens with zero attached hydrogens (tertiary/aromatic N) is 1. The maximum absolute atomic E-state index is 12.5. The van der Waals surface area contributed by atoms with Crippen molar-refractivity contribution < 1.29 is 9.21 Å². The Morgan fingerprint density at radius 3 is 2.70 bits per heavy atom. The van der Waals surface area contributed by atoms with Gasteiger partial charge in [0.05, 0.1) is 12.8 Å². The van der Waals surface area contributed by atoms with Crippen molar-refractivity contribution in [3.63, 3.8) is 0 Å². The van der Waals surface area contributed by atoms with E-state index in [-0.39, 0.29) is 24.2 Å². The van der Waals surface area contributed by atoms with Crippen LogP contribution in [0, 0.1) is 5.92 Å². The van der Waals surface area contributed by atoms with Crippen LogP contribution in [0.2, 0.25) is 0 Å². The molecule has 1 amide bonds. The molecule has 1 fully saturated rings. The molecule has 0 bridgehead atoms. The lowest BCUT2D eigenvalue weighted by Gasteiger charge is -2.27. The second-order valence-corrected chi connectivity index (χ2v) is 7.31. The Hall–Kier alpha value is -1.82. The Bertz CT molecular complexity index is 705. The highest BCUT2D eigenvalue weighted by molar-refractivity contribution is 5.85. The van der Waals surface area contributed by atoms with Gasteiger partial charge in [0.1, 0.15) is 5.76 Å². The zero-order chi connectivity index (χ0) is 18.4.